The van der Waals surface area contributed by atoms with Crippen molar-refractivity contribution in [3.63, 3.8) is 0 Å². The molecule has 3 nitrogen and oxygen atoms in total. The largest absolute Gasteiger partial charge is 0.351 e. The molecule has 0 atom stereocenters. The molecular weight excluding hydrogens is 248 g/mol. The van der Waals surface area contributed by atoms with E-state index in [1.807, 2.05) is 31.5 Å². The number of rotatable bonds is 4. The summed E-state index contributed by atoms with van der Waals surface area (Å²) in [5.74, 6) is -0.427. The van der Waals surface area contributed by atoms with Crippen LogP contribution >= 0.6 is 0 Å². The zero-order valence-corrected chi connectivity index (χ0v) is 11.2. The van der Waals surface area contributed by atoms with Crippen LogP contribution in [0.15, 0.2) is 24.4 Å². The molecule has 19 heavy (non-hydrogen) atoms. The van der Waals surface area contributed by atoms with Crippen molar-refractivity contribution in [3.05, 3.63) is 47.3 Å². The summed E-state index contributed by atoms with van der Waals surface area (Å²) in [6.45, 7) is 6.27. The smallest absolute Gasteiger partial charge is 0.203 e. The van der Waals surface area contributed by atoms with Crippen LogP contribution in [0.3, 0.4) is 0 Å². The summed E-state index contributed by atoms with van der Waals surface area (Å²) in [6, 6.07) is 3.84. The van der Waals surface area contributed by atoms with E-state index in [1.165, 1.54) is 12.1 Å². The molecule has 1 aromatic carbocycles. The van der Waals surface area contributed by atoms with Crippen molar-refractivity contribution in [2.45, 2.75) is 33.4 Å². The summed E-state index contributed by atoms with van der Waals surface area (Å²) >= 11 is 0. The van der Waals surface area contributed by atoms with Crippen LogP contribution in [-0.2, 0) is 6.54 Å². The van der Waals surface area contributed by atoms with Gasteiger partial charge in [0.15, 0.2) is 0 Å². The van der Waals surface area contributed by atoms with Crippen molar-refractivity contribution in [2.24, 2.45) is 0 Å². The van der Waals surface area contributed by atoms with Crippen LogP contribution in [0.2, 0.25) is 0 Å². The molecule has 0 aliphatic rings. The van der Waals surface area contributed by atoms with Crippen LogP contribution in [0.1, 0.15) is 31.1 Å². The van der Waals surface area contributed by atoms with Gasteiger partial charge >= 0.3 is 0 Å². The lowest BCUT2D eigenvalue weighted by atomic mass is 10.2. The maximum Gasteiger partial charge on any atom is 0.203 e. The molecule has 0 aliphatic heterocycles. The summed E-state index contributed by atoms with van der Waals surface area (Å²) in [6.07, 6.45) is 1.94. The summed E-state index contributed by atoms with van der Waals surface area (Å²) in [4.78, 5) is 4.35. The number of anilines is 1. The number of aromatic nitrogens is 2. The highest BCUT2D eigenvalue weighted by Gasteiger charge is 2.09. The number of nitrogens with one attached hydrogen (secondary N) is 1. The van der Waals surface area contributed by atoms with E-state index in [0.29, 0.717) is 11.5 Å². The summed E-state index contributed by atoms with van der Waals surface area (Å²) in [5.41, 5.74) is 1.31. The van der Waals surface area contributed by atoms with Crippen LogP contribution in [-0.4, -0.2) is 9.55 Å². The first-order valence-corrected chi connectivity index (χ1v) is 6.20. The third-order valence-corrected chi connectivity index (χ3v) is 2.86. The van der Waals surface area contributed by atoms with Gasteiger partial charge in [0.1, 0.15) is 11.6 Å². The Kier molecular flexibility index (Phi) is 3.83. The molecular formula is C14H17F2N3. The normalized spacial score (nSPS) is 11.1. The lowest BCUT2D eigenvalue weighted by Gasteiger charge is -2.13. The SMILES string of the molecule is Cc1cn(C(C)C)c(NCc2ccc(F)cc2F)n1. The quantitative estimate of drug-likeness (QED) is 0.914. The molecule has 0 saturated carbocycles. The average Bonchev–Trinajstić information content (AvgIpc) is 2.69. The fourth-order valence-electron chi connectivity index (χ4n) is 1.88. The van der Waals surface area contributed by atoms with Crippen molar-refractivity contribution in [1.29, 1.82) is 0 Å². The molecule has 1 N–H and O–H groups in total. The van der Waals surface area contributed by atoms with E-state index >= 15 is 0 Å². The van der Waals surface area contributed by atoms with Gasteiger partial charge in [-0.3, -0.25) is 0 Å². The highest BCUT2D eigenvalue weighted by Crippen LogP contribution is 2.17. The van der Waals surface area contributed by atoms with Gasteiger partial charge in [0, 0.05) is 30.4 Å². The zero-order chi connectivity index (χ0) is 14.0. The number of imidazole rings is 1. The molecule has 2 rings (SSSR count). The second-order valence-corrected chi connectivity index (χ2v) is 4.80. The van der Waals surface area contributed by atoms with Gasteiger partial charge in [-0.15, -0.1) is 0 Å². The Bertz CT molecular complexity index is 576. The topological polar surface area (TPSA) is 29.9 Å². The molecule has 0 spiro atoms. The van der Waals surface area contributed by atoms with Gasteiger partial charge < -0.3 is 9.88 Å². The molecule has 0 bridgehead atoms. The van der Waals surface area contributed by atoms with Crippen molar-refractivity contribution < 1.29 is 8.78 Å². The lowest BCUT2D eigenvalue weighted by Crippen LogP contribution is -2.09. The zero-order valence-electron chi connectivity index (χ0n) is 11.2. The minimum Gasteiger partial charge on any atom is -0.351 e. The Morgan fingerprint density at radius 3 is 2.68 bits per heavy atom. The second kappa shape index (κ2) is 5.38. The Morgan fingerprint density at radius 1 is 1.32 bits per heavy atom. The third kappa shape index (κ3) is 3.10. The number of benzene rings is 1. The standard InChI is InChI=1S/C14H17F2N3/c1-9(2)19-8-10(3)18-14(19)17-7-11-4-5-12(15)6-13(11)16/h4-6,8-9H,7H2,1-3H3,(H,17,18). The Hall–Kier alpha value is -1.91. The van der Waals surface area contributed by atoms with Gasteiger partial charge in [-0.05, 0) is 26.8 Å². The first kappa shape index (κ1) is 13.5. The van der Waals surface area contributed by atoms with Crippen LogP contribution in [0.25, 0.3) is 0 Å². The second-order valence-electron chi connectivity index (χ2n) is 4.80. The fourth-order valence-corrected chi connectivity index (χ4v) is 1.88. The van der Waals surface area contributed by atoms with Crippen LogP contribution in [0.4, 0.5) is 14.7 Å². The maximum atomic E-state index is 13.5. The van der Waals surface area contributed by atoms with E-state index in [9.17, 15) is 8.78 Å². The summed E-state index contributed by atoms with van der Waals surface area (Å²) in [7, 11) is 0. The summed E-state index contributed by atoms with van der Waals surface area (Å²) in [5, 5.41) is 3.08. The lowest BCUT2D eigenvalue weighted by molar-refractivity contribution is 0.572. The third-order valence-electron chi connectivity index (χ3n) is 2.86. The van der Waals surface area contributed by atoms with Gasteiger partial charge in [-0.1, -0.05) is 6.07 Å². The number of halogens is 2. The highest BCUT2D eigenvalue weighted by atomic mass is 19.1. The number of aryl methyl sites for hydroxylation is 1. The van der Waals surface area contributed by atoms with E-state index < -0.39 is 11.6 Å². The van der Waals surface area contributed by atoms with Gasteiger partial charge in [-0.2, -0.15) is 0 Å². The van der Waals surface area contributed by atoms with Crippen molar-refractivity contribution in [2.75, 3.05) is 5.32 Å². The van der Waals surface area contributed by atoms with Crippen LogP contribution in [0, 0.1) is 18.6 Å². The molecule has 1 heterocycles. The summed E-state index contributed by atoms with van der Waals surface area (Å²) < 4.78 is 28.3. The van der Waals surface area contributed by atoms with Gasteiger partial charge in [0.05, 0.1) is 5.69 Å². The van der Waals surface area contributed by atoms with Crippen LogP contribution < -0.4 is 5.32 Å². The van der Waals surface area contributed by atoms with Crippen molar-refractivity contribution >= 4 is 5.95 Å². The number of hydrogen-bond acceptors (Lipinski definition) is 2. The minimum absolute atomic E-state index is 0.266. The molecule has 2 aromatic rings. The molecule has 0 aliphatic carbocycles. The minimum atomic E-state index is -0.569. The van der Waals surface area contributed by atoms with E-state index in [0.717, 1.165) is 11.8 Å². The Balaban J connectivity index is 2.14. The molecule has 0 unspecified atom stereocenters. The van der Waals surface area contributed by atoms with Gasteiger partial charge in [-0.25, -0.2) is 13.8 Å². The van der Waals surface area contributed by atoms with Gasteiger partial charge in [0.25, 0.3) is 0 Å². The van der Waals surface area contributed by atoms with Crippen LogP contribution in [0.5, 0.6) is 0 Å². The van der Waals surface area contributed by atoms with E-state index in [1.54, 1.807) is 0 Å². The van der Waals surface area contributed by atoms with Crippen molar-refractivity contribution in [3.8, 4) is 0 Å². The number of nitrogens with zero attached hydrogens (tertiary/aromatic N) is 2. The van der Waals surface area contributed by atoms with E-state index in [2.05, 4.69) is 10.3 Å². The first-order chi connectivity index (χ1) is 8.97. The highest BCUT2D eigenvalue weighted by molar-refractivity contribution is 5.32. The van der Waals surface area contributed by atoms with E-state index in [-0.39, 0.29) is 12.6 Å². The van der Waals surface area contributed by atoms with E-state index in [4.69, 9.17) is 0 Å². The monoisotopic (exact) mass is 265 g/mol. The molecule has 5 heteroatoms. The molecule has 102 valence electrons. The predicted molar refractivity (Wildman–Crippen MR) is 71.0 cm³/mol. The molecule has 0 fully saturated rings. The maximum absolute atomic E-state index is 13.5. The van der Waals surface area contributed by atoms with Gasteiger partial charge in [0.2, 0.25) is 5.95 Å². The average molecular weight is 265 g/mol. The molecule has 0 radical (unpaired) electrons. The molecule has 0 amide bonds. The predicted octanol–water partition coefficient (Wildman–Crippen LogP) is 3.66. The number of hydrogen-bond donors (Lipinski definition) is 1. The Morgan fingerprint density at radius 2 is 2.05 bits per heavy atom. The van der Waals surface area contributed by atoms with Crippen molar-refractivity contribution in [1.82, 2.24) is 9.55 Å². The Labute approximate surface area is 111 Å². The molecule has 0 saturated heterocycles. The first-order valence-electron chi connectivity index (χ1n) is 6.20. The fraction of sp³-hybridized carbons (Fsp3) is 0.357. The molecule has 1 aromatic heterocycles.